The van der Waals surface area contributed by atoms with E-state index in [1.807, 2.05) is 54.6 Å². The minimum Gasteiger partial charge on any atom is -0.293 e. The van der Waals surface area contributed by atoms with Gasteiger partial charge >= 0.3 is 0 Å². The van der Waals surface area contributed by atoms with E-state index in [0.29, 0.717) is 10.7 Å². The molecule has 0 heterocycles. The Morgan fingerprint density at radius 2 is 1.77 bits per heavy atom. The number of amidine groups is 1. The number of benzene rings is 2. The lowest BCUT2D eigenvalue weighted by molar-refractivity contribution is 0.102. The quantitative estimate of drug-likeness (QED) is 0.309. The number of nitrogens with zero attached hydrogens (tertiary/aromatic N) is 2. The van der Waals surface area contributed by atoms with Gasteiger partial charge in [-0.1, -0.05) is 66.4 Å². The van der Waals surface area contributed by atoms with Crippen molar-refractivity contribution in [3.63, 3.8) is 0 Å². The molecule has 2 rings (SSSR count). The molecular formula is C17H15N3OS. The highest BCUT2D eigenvalue weighted by atomic mass is 32.2. The largest absolute Gasteiger partial charge is 0.293 e. The second-order valence-corrected chi connectivity index (χ2v) is 5.38. The lowest BCUT2D eigenvalue weighted by Gasteiger charge is -2.05. The molecule has 0 spiro atoms. The normalized spacial score (nSPS) is 10.8. The highest BCUT2D eigenvalue weighted by Gasteiger charge is 2.08. The van der Waals surface area contributed by atoms with E-state index in [-0.39, 0.29) is 11.5 Å². The van der Waals surface area contributed by atoms with Crippen LogP contribution in [-0.4, -0.2) is 23.8 Å². The Morgan fingerprint density at radius 1 is 1.14 bits per heavy atom. The fourth-order valence-corrected chi connectivity index (χ4v) is 2.58. The third-order valence-corrected chi connectivity index (χ3v) is 3.98. The topological polar surface area (TPSA) is 65.2 Å². The first-order chi connectivity index (χ1) is 10.7. The molecule has 0 unspecified atom stereocenters. The van der Waals surface area contributed by atoms with Gasteiger partial charge in [0.2, 0.25) is 0 Å². The zero-order chi connectivity index (χ0) is 15.8. The Labute approximate surface area is 133 Å². The summed E-state index contributed by atoms with van der Waals surface area (Å²) < 4.78 is 0. The van der Waals surface area contributed by atoms with Crippen molar-refractivity contribution in [2.75, 3.05) is 12.8 Å². The highest BCUT2D eigenvalue weighted by molar-refractivity contribution is 8.14. The van der Waals surface area contributed by atoms with Crippen molar-refractivity contribution < 1.29 is 4.79 Å². The number of thioether (sulfide) groups is 1. The molecular weight excluding hydrogens is 294 g/mol. The number of nitrogens with one attached hydrogen (secondary N) is 1. The maximum atomic E-state index is 12.1. The molecule has 0 bridgehead atoms. The molecule has 0 amide bonds. The summed E-state index contributed by atoms with van der Waals surface area (Å²) in [6.45, 7) is 0. The SMILES string of the molecule is CN=C(NC#N)SCC(=O)c1ccc(-c2ccccc2)cc1. The summed E-state index contributed by atoms with van der Waals surface area (Å²) in [5.41, 5.74) is 2.85. The van der Waals surface area contributed by atoms with E-state index in [1.54, 1.807) is 13.2 Å². The Bertz CT molecular complexity index is 703. The zero-order valence-corrected chi connectivity index (χ0v) is 12.9. The van der Waals surface area contributed by atoms with Crippen molar-refractivity contribution in [1.82, 2.24) is 5.32 Å². The number of ketones is 1. The van der Waals surface area contributed by atoms with E-state index in [4.69, 9.17) is 5.26 Å². The molecule has 0 saturated heterocycles. The third-order valence-electron chi connectivity index (χ3n) is 3.02. The molecule has 0 aromatic heterocycles. The number of carbonyl (C=O) groups excluding carboxylic acids is 1. The van der Waals surface area contributed by atoms with Gasteiger partial charge in [0.25, 0.3) is 0 Å². The molecule has 0 saturated carbocycles. The summed E-state index contributed by atoms with van der Waals surface area (Å²) >= 11 is 1.22. The Morgan fingerprint density at radius 3 is 2.36 bits per heavy atom. The van der Waals surface area contributed by atoms with Gasteiger partial charge in [-0.05, 0) is 11.1 Å². The average Bonchev–Trinajstić information content (AvgIpc) is 2.59. The fourth-order valence-electron chi connectivity index (χ4n) is 1.90. The maximum absolute atomic E-state index is 12.1. The van der Waals surface area contributed by atoms with Gasteiger partial charge in [0, 0.05) is 12.6 Å². The summed E-state index contributed by atoms with van der Waals surface area (Å²) in [5, 5.41) is 11.4. The van der Waals surface area contributed by atoms with Gasteiger partial charge in [0.05, 0.1) is 5.75 Å². The van der Waals surface area contributed by atoms with E-state index in [9.17, 15) is 4.79 Å². The number of rotatable bonds is 4. The molecule has 2 aromatic carbocycles. The molecule has 0 aliphatic carbocycles. The number of nitriles is 1. The van der Waals surface area contributed by atoms with Crippen LogP contribution in [0.1, 0.15) is 10.4 Å². The predicted octanol–water partition coefficient (Wildman–Crippen LogP) is 3.33. The molecule has 0 aliphatic rings. The number of aliphatic imine (C=N–C) groups is 1. The molecule has 1 N–H and O–H groups in total. The van der Waals surface area contributed by atoms with Crippen LogP contribution in [0.3, 0.4) is 0 Å². The van der Waals surface area contributed by atoms with Crippen molar-refractivity contribution in [2.24, 2.45) is 4.99 Å². The van der Waals surface area contributed by atoms with E-state index in [1.165, 1.54) is 11.8 Å². The summed E-state index contributed by atoms with van der Waals surface area (Å²) in [6, 6.07) is 17.5. The average molecular weight is 309 g/mol. The van der Waals surface area contributed by atoms with E-state index in [2.05, 4.69) is 10.3 Å². The van der Waals surface area contributed by atoms with Gasteiger partial charge in [0.15, 0.2) is 17.1 Å². The van der Waals surface area contributed by atoms with Gasteiger partial charge in [0.1, 0.15) is 0 Å². The van der Waals surface area contributed by atoms with Crippen LogP contribution < -0.4 is 5.32 Å². The van der Waals surface area contributed by atoms with Crippen molar-refractivity contribution >= 4 is 22.7 Å². The predicted molar refractivity (Wildman–Crippen MR) is 90.8 cm³/mol. The highest BCUT2D eigenvalue weighted by Crippen LogP contribution is 2.20. The van der Waals surface area contributed by atoms with Gasteiger partial charge in [-0.25, -0.2) is 0 Å². The third kappa shape index (κ3) is 4.21. The standard InChI is InChI=1S/C17H15N3OS/c1-19-17(20-12-18)22-11-16(21)15-9-7-14(8-10-15)13-5-3-2-4-6-13/h2-10H,11H2,1H3,(H,19,20). The number of hydrogen-bond acceptors (Lipinski definition) is 4. The smallest absolute Gasteiger partial charge is 0.183 e. The monoisotopic (exact) mass is 309 g/mol. The van der Waals surface area contributed by atoms with E-state index in [0.717, 1.165) is 11.1 Å². The first-order valence-corrected chi connectivity index (χ1v) is 7.66. The molecule has 0 radical (unpaired) electrons. The molecule has 4 nitrogen and oxygen atoms in total. The van der Waals surface area contributed by atoms with Crippen molar-refractivity contribution in [2.45, 2.75) is 0 Å². The minimum absolute atomic E-state index is 0.00509. The van der Waals surface area contributed by atoms with Crippen LogP contribution >= 0.6 is 11.8 Å². The molecule has 2 aromatic rings. The molecule has 0 atom stereocenters. The molecule has 0 fully saturated rings. The second-order valence-electron chi connectivity index (χ2n) is 4.42. The second kappa shape index (κ2) is 8.01. The number of Topliss-reactive ketones (excluding diaryl/α,β-unsaturated/α-hetero) is 1. The van der Waals surface area contributed by atoms with Gasteiger partial charge in [-0.3, -0.25) is 15.1 Å². The Kier molecular flexibility index (Phi) is 5.75. The van der Waals surface area contributed by atoms with Crippen LogP contribution in [0.2, 0.25) is 0 Å². The van der Waals surface area contributed by atoms with Crippen LogP contribution in [0.25, 0.3) is 11.1 Å². The lowest BCUT2D eigenvalue weighted by Crippen LogP contribution is -2.16. The lowest BCUT2D eigenvalue weighted by atomic mass is 10.0. The molecule has 110 valence electrons. The summed E-state index contributed by atoms with van der Waals surface area (Å²) in [7, 11) is 1.58. The minimum atomic E-state index is 0.00509. The first kappa shape index (κ1) is 15.8. The molecule has 0 aliphatic heterocycles. The van der Waals surface area contributed by atoms with E-state index >= 15 is 0 Å². The molecule has 5 heteroatoms. The van der Waals surface area contributed by atoms with Crippen LogP contribution in [0.5, 0.6) is 0 Å². The van der Waals surface area contributed by atoms with Crippen LogP contribution in [-0.2, 0) is 0 Å². The Balaban J connectivity index is 2.01. The Hall–Kier alpha value is -2.58. The molecule has 22 heavy (non-hydrogen) atoms. The summed E-state index contributed by atoms with van der Waals surface area (Å²) in [5.74, 6) is 0.247. The van der Waals surface area contributed by atoms with Crippen LogP contribution in [0.15, 0.2) is 59.6 Å². The fraction of sp³-hybridized carbons (Fsp3) is 0.118. The number of hydrogen-bond donors (Lipinski definition) is 1. The van der Waals surface area contributed by atoms with Gasteiger partial charge in [-0.2, -0.15) is 5.26 Å². The number of carbonyl (C=O) groups is 1. The van der Waals surface area contributed by atoms with Gasteiger partial charge < -0.3 is 0 Å². The summed E-state index contributed by atoms with van der Waals surface area (Å²) in [4.78, 5) is 16.0. The van der Waals surface area contributed by atoms with E-state index < -0.39 is 0 Å². The summed E-state index contributed by atoms with van der Waals surface area (Å²) in [6.07, 6.45) is 1.79. The van der Waals surface area contributed by atoms with Crippen LogP contribution in [0.4, 0.5) is 0 Å². The van der Waals surface area contributed by atoms with Crippen molar-refractivity contribution in [3.8, 4) is 17.3 Å². The zero-order valence-electron chi connectivity index (χ0n) is 12.1. The first-order valence-electron chi connectivity index (χ1n) is 6.68. The van der Waals surface area contributed by atoms with Gasteiger partial charge in [-0.15, -0.1) is 0 Å². The van der Waals surface area contributed by atoms with Crippen LogP contribution in [0, 0.1) is 11.5 Å². The van der Waals surface area contributed by atoms with Crippen molar-refractivity contribution in [3.05, 3.63) is 60.2 Å². The maximum Gasteiger partial charge on any atom is 0.183 e. The van der Waals surface area contributed by atoms with Crippen molar-refractivity contribution in [1.29, 1.82) is 5.26 Å².